The Labute approximate surface area is 153 Å². The zero-order chi connectivity index (χ0) is 19.4. The lowest BCUT2D eigenvalue weighted by Crippen LogP contribution is -2.42. The monoisotopic (exact) mass is 383 g/mol. The molecule has 0 bridgehead atoms. The highest BCUT2D eigenvalue weighted by atomic mass is 19.4. The molecule has 1 amide bonds. The van der Waals surface area contributed by atoms with Crippen LogP contribution in [0.15, 0.2) is 36.5 Å². The van der Waals surface area contributed by atoms with Crippen LogP contribution in [0, 0.1) is 5.82 Å². The molecule has 0 spiro atoms. The number of carbonyl (C=O) groups is 1. The standard InChI is InChI=1S/C18H17F4N3O2/c19-13-3-1-12(2-4-13)11-16(26)25-9-6-14(7-10-25)27-17-23-8-5-15(24-17)18(20,21)22/h1-5,8,14H,6-7,9-11H2. The fourth-order valence-electron chi connectivity index (χ4n) is 2.82. The molecule has 0 saturated carbocycles. The Morgan fingerprint density at radius 3 is 2.44 bits per heavy atom. The van der Waals surface area contributed by atoms with Crippen molar-refractivity contribution in [2.45, 2.75) is 31.5 Å². The van der Waals surface area contributed by atoms with Crippen LogP contribution in [0.1, 0.15) is 24.1 Å². The number of aromatic nitrogens is 2. The lowest BCUT2D eigenvalue weighted by Gasteiger charge is -2.31. The normalized spacial score (nSPS) is 15.6. The molecule has 3 rings (SSSR count). The second-order valence-corrected chi connectivity index (χ2v) is 6.22. The molecule has 1 aliphatic heterocycles. The molecule has 5 nitrogen and oxygen atoms in total. The van der Waals surface area contributed by atoms with Gasteiger partial charge in [0.25, 0.3) is 0 Å². The largest absolute Gasteiger partial charge is 0.460 e. The Hall–Kier alpha value is -2.71. The predicted molar refractivity (Wildman–Crippen MR) is 87.4 cm³/mol. The molecule has 2 heterocycles. The van der Waals surface area contributed by atoms with Gasteiger partial charge in [0.2, 0.25) is 5.91 Å². The molecular formula is C18H17F4N3O2. The molecule has 0 radical (unpaired) electrons. The van der Waals surface area contributed by atoms with Crippen LogP contribution in [-0.2, 0) is 17.4 Å². The average Bonchev–Trinajstić information content (AvgIpc) is 2.64. The smallest absolute Gasteiger partial charge is 0.433 e. The first kappa shape index (κ1) is 19.1. The number of likely N-dealkylation sites (tertiary alicyclic amines) is 1. The van der Waals surface area contributed by atoms with Crippen LogP contribution in [0.2, 0.25) is 0 Å². The number of amides is 1. The zero-order valence-electron chi connectivity index (χ0n) is 14.2. The molecule has 0 N–H and O–H groups in total. The highest BCUT2D eigenvalue weighted by Crippen LogP contribution is 2.28. The van der Waals surface area contributed by atoms with Crippen molar-refractivity contribution in [1.82, 2.24) is 14.9 Å². The van der Waals surface area contributed by atoms with Crippen molar-refractivity contribution in [2.24, 2.45) is 0 Å². The second kappa shape index (κ2) is 7.89. The van der Waals surface area contributed by atoms with Gasteiger partial charge in [-0.15, -0.1) is 0 Å². The molecule has 1 aromatic heterocycles. The van der Waals surface area contributed by atoms with Crippen LogP contribution in [0.5, 0.6) is 6.01 Å². The van der Waals surface area contributed by atoms with Gasteiger partial charge in [0.05, 0.1) is 6.42 Å². The summed E-state index contributed by atoms with van der Waals surface area (Å²) in [6.07, 6.45) is -2.81. The summed E-state index contributed by atoms with van der Waals surface area (Å²) in [7, 11) is 0. The van der Waals surface area contributed by atoms with Gasteiger partial charge in [0.15, 0.2) is 5.69 Å². The first-order valence-electron chi connectivity index (χ1n) is 8.40. The number of nitrogens with zero attached hydrogens (tertiary/aromatic N) is 3. The summed E-state index contributed by atoms with van der Waals surface area (Å²) in [5.74, 6) is -0.448. The van der Waals surface area contributed by atoms with Gasteiger partial charge in [-0.05, 0) is 23.8 Å². The van der Waals surface area contributed by atoms with Crippen molar-refractivity contribution >= 4 is 5.91 Å². The van der Waals surface area contributed by atoms with Gasteiger partial charge in [0, 0.05) is 32.1 Å². The van der Waals surface area contributed by atoms with Crippen LogP contribution in [-0.4, -0.2) is 40.0 Å². The minimum absolute atomic E-state index is 0.0876. The second-order valence-electron chi connectivity index (χ2n) is 6.22. The Bertz CT molecular complexity index is 788. The van der Waals surface area contributed by atoms with E-state index in [4.69, 9.17) is 4.74 Å². The van der Waals surface area contributed by atoms with Crippen LogP contribution < -0.4 is 4.74 Å². The first-order valence-corrected chi connectivity index (χ1v) is 8.40. The van der Waals surface area contributed by atoms with E-state index in [-0.39, 0.29) is 30.3 Å². The molecule has 1 saturated heterocycles. The van der Waals surface area contributed by atoms with Crippen LogP contribution in [0.4, 0.5) is 17.6 Å². The van der Waals surface area contributed by atoms with Crippen molar-refractivity contribution in [3.05, 3.63) is 53.6 Å². The Kier molecular flexibility index (Phi) is 5.57. The van der Waals surface area contributed by atoms with Crippen LogP contribution in [0.25, 0.3) is 0 Å². The van der Waals surface area contributed by atoms with E-state index in [0.29, 0.717) is 25.9 Å². The quantitative estimate of drug-likeness (QED) is 0.761. The Balaban J connectivity index is 1.51. The van der Waals surface area contributed by atoms with Gasteiger partial charge in [-0.2, -0.15) is 18.2 Å². The van der Waals surface area contributed by atoms with Crippen molar-refractivity contribution in [1.29, 1.82) is 0 Å². The number of ether oxygens (including phenoxy) is 1. The highest BCUT2D eigenvalue weighted by Gasteiger charge is 2.33. The summed E-state index contributed by atoms with van der Waals surface area (Å²) in [4.78, 5) is 21.1. The molecule has 1 fully saturated rings. The number of benzene rings is 1. The Morgan fingerprint density at radius 1 is 1.15 bits per heavy atom. The SMILES string of the molecule is O=C(Cc1ccc(F)cc1)N1CCC(Oc2nccc(C(F)(F)F)n2)CC1. The molecule has 2 aromatic rings. The third-order valence-electron chi connectivity index (χ3n) is 4.26. The first-order chi connectivity index (χ1) is 12.8. The van der Waals surface area contributed by atoms with Gasteiger partial charge in [-0.3, -0.25) is 4.79 Å². The highest BCUT2D eigenvalue weighted by molar-refractivity contribution is 5.78. The topological polar surface area (TPSA) is 55.3 Å². The van der Waals surface area contributed by atoms with E-state index in [1.54, 1.807) is 17.0 Å². The van der Waals surface area contributed by atoms with Crippen molar-refractivity contribution in [3.63, 3.8) is 0 Å². The van der Waals surface area contributed by atoms with Gasteiger partial charge in [0.1, 0.15) is 11.9 Å². The fraction of sp³-hybridized carbons (Fsp3) is 0.389. The Morgan fingerprint density at radius 2 is 1.81 bits per heavy atom. The van der Waals surface area contributed by atoms with Gasteiger partial charge in [-0.1, -0.05) is 12.1 Å². The third-order valence-corrected chi connectivity index (χ3v) is 4.26. The molecule has 27 heavy (non-hydrogen) atoms. The molecule has 1 aromatic carbocycles. The van der Waals surface area contributed by atoms with E-state index >= 15 is 0 Å². The molecule has 0 atom stereocenters. The fourth-order valence-corrected chi connectivity index (χ4v) is 2.82. The zero-order valence-corrected chi connectivity index (χ0v) is 14.2. The number of halogens is 4. The number of hydrogen-bond donors (Lipinski definition) is 0. The van der Waals surface area contributed by atoms with E-state index in [0.717, 1.165) is 17.8 Å². The average molecular weight is 383 g/mol. The third kappa shape index (κ3) is 5.15. The number of piperidine rings is 1. The van der Waals surface area contributed by atoms with Gasteiger partial charge >= 0.3 is 12.2 Å². The number of alkyl halides is 3. The maximum absolute atomic E-state index is 12.9. The van der Waals surface area contributed by atoms with Crippen molar-refractivity contribution in [3.8, 4) is 6.01 Å². The minimum atomic E-state index is -4.56. The number of rotatable bonds is 4. The number of carbonyl (C=O) groups excluding carboxylic acids is 1. The molecule has 0 aliphatic carbocycles. The maximum atomic E-state index is 12.9. The van der Waals surface area contributed by atoms with Crippen molar-refractivity contribution in [2.75, 3.05) is 13.1 Å². The summed E-state index contributed by atoms with van der Waals surface area (Å²) in [6, 6.07) is 6.20. The van der Waals surface area contributed by atoms with E-state index in [1.807, 2.05) is 0 Å². The predicted octanol–water partition coefficient (Wildman–Crippen LogP) is 3.25. The van der Waals surface area contributed by atoms with Crippen molar-refractivity contribution < 1.29 is 27.1 Å². The lowest BCUT2D eigenvalue weighted by molar-refractivity contribution is -0.141. The lowest BCUT2D eigenvalue weighted by atomic mass is 10.1. The molecule has 1 aliphatic rings. The van der Waals surface area contributed by atoms with Gasteiger partial charge in [-0.25, -0.2) is 9.37 Å². The molecule has 144 valence electrons. The van der Waals surface area contributed by atoms with Crippen LogP contribution >= 0.6 is 0 Å². The maximum Gasteiger partial charge on any atom is 0.433 e. The molecule has 0 unspecified atom stereocenters. The summed E-state index contributed by atoms with van der Waals surface area (Å²) in [5.41, 5.74) is -0.337. The van der Waals surface area contributed by atoms with E-state index in [9.17, 15) is 22.4 Å². The van der Waals surface area contributed by atoms with Gasteiger partial charge < -0.3 is 9.64 Å². The summed E-state index contributed by atoms with van der Waals surface area (Å²) in [6.45, 7) is 0.841. The van der Waals surface area contributed by atoms with Crippen LogP contribution in [0.3, 0.4) is 0 Å². The summed E-state index contributed by atoms with van der Waals surface area (Å²) >= 11 is 0. The number of hydrogen-bond acceptors (Lipinski definition) is 4. The molecule has 9 heteroatoms. The summed E-state index contributed by atoms with van der Waals surface area (Å²) in [5, 5.41) is 0. The van der Waals surface area contributed by atoms with E-state index < -0.39 is 11.9 Å². The minimum Gasteiger partial charge on any atom is -0.460 e. The molecular weight excluding hydrogens is 366 g/mol. The van der Waals surface area contributed by atoms with E-state index in [2.05, 4.69) is 9.97 Å². The van der Waals surface area contributed by atoms with E-state index in [1.165, 1.54) is 12.1 Å². The summed E-state index contributed by atoms with van der Waals surface area (Å²) < 4.78 is 56.4.